The lowest BCUT2D eigenvalue weighted by atomic mass is 10.1. The maximum Gasteiger partial charge on any atom is 0.122 e. The molecule has 2 N–H and O–H groups in total. The van der Waals surface area contributed by atoms with Gasteiger partial charge in [0.05, 0.1) is 0 Å². The summed E-state index contributed by atoms with van der Waals surface area (Å²) in [5, 5.41) is 0. The van der Waals surface area contributed by atoms with Crippen LogP contribution < -0.4 is 15.2 Å². The lowest BCUT2D eigenvalue weighted by Crippen LogP contribution is -2.11. The van der Waals surface area contributed by atoms with Crippen molar-refractivity contribution < 1.29 is 9.47 Å². The van der Waals surface area contributed by atoms with Gasteiger partial charge < -0.3 is 15.2 Å². The van der Waals surface area contributed by atoms with Gasteiger partial charge in [-0.05, 0) is 49.2 Å². The molecule has 0 aliphatic rings. The predicted octanol–water partition coefficient (Wildman–Crippen LogP) is 3.40. The van der Waals surface area contributed by atoms with Crippen LogP contribution in [0.3, 0.4) is 0 Å². The first-order chi connectivity index (χ1) is 10.1. The highest BCUT2D eigenvalue weighted by Crippen LogP contribution is 2.17. The summed E-state index contributed by atoms with van der Waals surface area (Å²) in [4.78, 5) is 0.367. The van der Waals surface area contributed by atoms with Gasteiger partial charge in [-0.2, -0.15) is 0 Å². The molecule has 110 valence electrons. The molecule has 0 fully saturated rings. The van der Waals surface area contributed by atoms with Crippen LogP contribution in [0, 0.1) is 13.8 Å². The summed E-state index contributed by atoms with van der Waals surface area (Å²) in [6, 6.07) is 13.5. The minimum atomic E-state index is 0.367. The lowest BCUT2D eigenvalue weighted by Gasteiger charge is -2.10. The average Bonchev–Trinajstić information content (AvgIpc) is 2.47. The number of thiocarbonyl (C=S) groups is 1. The van der Waals surface area contributed by atoms with Gasteiger partial charge in [0, 0.05) is 5.56 Å². The van der Waals surface area contributed by atoms with Crippen molar-refractivity contribution in [3.63, 3.8) is 0 Å². The molecule has 0 spiro atoms. The van der Waals surface area contributed by atoms with Crippen LogP contribution in [0.4, 0.5) is 0 Å². The smallest absolute Gasteiger partial charge is 0.122 e. The van der Waals surface area contributed by atoms with Gasteiger partial charge in [-0.25, -0.2) is 0 Å². The Morgan fingerprint density at radius 1 is 0.952 bits per heavy atom. The third kappa shape index (κ3) is 4.46. The molecule has 2 aromatic carbocycles. The Morgan fingerprint density at radius 3 is 2.24 bits per heavy atom. The lowest BCUT2D eigenvalue weighted by molar-refractivity contribution is 0.217. The highest BCUT2D eigenvalue weighted by atomic mass is 32.1. The molecule has 0 aliphatic carbocycles. The van der Waals surface area contributed by atoms with E-state index in [2.05, 4.69) is 19.9 Å². The van der Waals surface area contributed by atoms with Gasteiger partial charge in [0.2, 0.25) is 0 Å². The van der Waals surface area contributed by atoms with Gasteiger partial charge in [-0.3, -0.25) is 0 Å². The Balaban J connectivity index is 1.83. The molecular formula is C17H19NO2S. The van der Waals surface area contributed by atoms with Crippen LogP contribution in [0.1, 0.15) is 16.7 Å². The fourth-order valence-corrected chi connectivity index (χ4v) is 1.99. The molecule has 0 saturated heterocycles. The van der Waals surface area contributed by atoms with Crippen molar-refractivity contribution in [1.29, 1.82) is 0 Å². The first kappa shape index (κ1) is 15.3. The second-order valence-electron chi connectivity index (χ2n) is 4.84. The second kappa shape index (κ2) is 7.09. The second-order valence-corrected chi connectivity index (χ2v) is 5.27. The Kier molecular flexibility index (Phi) is 5.17. The summed E-state index contributed by atoms with van der Waals surface area (Å²) in [5.41, 5.74) is 8.87. The first-order valence-corrected chi connectivity index (χ1v) is 7.20. The fourth-order valence-electron chi connectivity index (χ4n) is 1.86. The standard InChI is InChI=1S/C17H19NO2S/c1-12-6-7-16(10-13(12)2)20-9-8-19-15-5-3-4-14(11-15)17(18)21/h3-7,10-11H,8-9H2,1-2H3,(H2,18,21). The van der Waals surface area contributed by atoms with Crippen molar-refractivity contribution >= 4 is 17.2 Å². The van der Waals surface area contributed by atoms with Gasteiger partial charge in [0.25, 0.3) is 0 Å². The Morgan fingerprint density at radius 2 is 1.62 bits per heavy atom. The zero-order chi connectivity index (χ0) is 15.2. The minimum absolute atomic E-state index is 0.367. The van der Waals surface area contributed by atoms with Crippen LogP contribution >= 0.6 is 12.2 Å². The molecule has 2 rings (SSSR count). The van der Waals surface area contributed by atoms with E-state index in [1.165, 1.54) is 11.1 Å². The van der Waals surface area contributed by atoms with E-state index >= 15 is 0 Å². The molecule has 2 aromatic rings. The molecule has 0 saturated carbocycles. The Labute approximate surface area is 130 Å². The van der Waals surface area contributed by atoms with Crippen LogP contribution in [0.2, 0.25) is 0 Å². The highest BCUT2D eigenvalue weighted by molar-refractivity contribution is 7.80. The summed E-state index contributed by atoms with van der Waals surface area (Å²) in [6.45, 7) is 5.10. The van der Waals surface area contributed by atoms with Crippen LogP contribution in [-0.4, -0.2) is 18.2 Å². The third-order valence-corrected chi connectivity index (χ3v) is 3.45. The molecule has 4 heteroatoms. The van der Waals surface area contributed by atoms with Crippen LogP contribution in [0.25, 0.3) is 0 Å². The number of nitrogens with two attached hydrogens (primary N) is 1. The van der Waals surface area contributed by atoms with E-state index in [-0.39, 0.29) is 0 Å². The molecule has 0 aliphatic heterocycles. The number of hydrogen-bond acceptors (Lipinski definition) is 3. The van der Waals surface area contributed by atoms with E-state index < -0.39 is 0 Å². The molecule has 0 radical (unpaired) electrons. The van der Waals surface area contributed by atoms with Crippen LogP contribution in [-0.2, 0) is 0 Å². The van der Waals surface area contributed by atoms with E-state index in [4.69, 9.17) is 27.4 Å². The summed E-state index contributed by atoms with van der Waals surface area (Å²) in [7, 11) is 0. The molecule has 0 atom stereocenters. The van der Waals surface area contributed by atoms with Gasteiger partial charge in [0.1, 0.15) is 29.7 Å². The van der Waals surface area contributed by atoms with Crippen LogP contribution in [0.5, 0.6) is 11.5 Å². The van der Waals surface area contributed by atoms with E-state index in [1.807, 2.05) is 36.4 Å². The predicted molar refractivity (Wildman–Crippen MR) is 89.2 cm³/mol. The number of aryl methyl sites for hydroxylation is 2. The number of rotatable bonds is 6. The maximum atomic E-state index is 5.67. The van der Waals surface area contributed by atoms with E-state index in [1.54, 1.807) is 0 Å². The quantitative estimate of drug-likeness (QED) is 0.656. The van der Waals surface area contributed by atoms with E-state index in [9.17, 15) is 0 Å². The Hall–Kier alpha value is -2.07. The summed E-state index contributed by atoms with van der Waals surface area (Å²) in [5.74, 6) is 1.60. The van der Waals surface area contributed by atoms with Crippen LogP contribution in [0.15, 0.2) is 42.5 Å². The summed E-state index contributed by atoms with van der Waals surface area (Å²) < 4.78 is 11.3. The molecule has 0 heterocycles. The number of ether oxygens (including phenoxy) is 2. The zero-order valence-electron chi connectivity index (χ0n) is 12.3. The summed E-state index contributed by atoms with van der Waals surface area (Å²) in [6.07, 6.45) is 0. The maximum absolute atomic E-state index is 5.67. The normalized spacial score (nSPS) is 10.2. The topological polar surface area (TPSA) is 44.5 Å². The minimum Gasteiger partial charge on any atom is -0.490 e. The molecule has 0 bridgehead atoms. The van der Waals surface area contributed by atoms with Gasteiger partial charge >= 0.3 is 0 Å². The molecule has 21 heavy (non-hydrogen) atoms. The van der Waals surface area contributed by atoms with Crippen molar-refractivity contribution in [2.45, 2.75) is 13.8 Å². The summed E-state index contributed by atoms with van der Waals surface area (Å²) >= 11 is 4.94. The monoisotopic (exact) mass is 301 g/mol. The van der Waals surface area contributed by atoms with Gasteiger partial charge in [-0.1, -0.05) is 30.4 Å². The van der Waals surface area contributed by atoms with Gasteiger partial charge in [0.15, 0.2) is 0 Å². The average molecular weight is 301 g/mol. The largest absolute Gasteiger partial charge is 0.490 e. The molecule has 3 nitrogen and oxygen atoms in total. The molecule has 0 amide bonds. The van der Waals surface area contributed by atoms with Crippen molar-refractivity contribution in [3.05, 3.63) is 59.2 Å². The van der Waals surface area contributed by atoms with Crippen molar-refractivity contribution in [2.24, 2.45) is 5.73 Å². The third-order valence-electron chi connectivity index (χ3n) is 3.22. The van der Waals surface area contributed by atoms with E-state index in [0.717, 1.165) is 17.1 Å². The van der Waals surface area contributed by atoms with Gasteiger partial charge in [-0.15, -0.1) is 0 Å². The van der Waals surface area contributed by atoms with E-state index in [0.29, 0.717) is 18.2 Å². The van der Waals surface area contributed by atoms with Crippen molar-refractivity contribution in [1.82, 2.24) is 0 Å². The zero-order valence-corrected chi connectivity index (χ0v) is 13.1. The molecular weight excluding hydrogens is 282 g/mol. The molecule has 0 unspecified atom stereocenters. The fraction of sp³-hybridized carbons (Fsp3) is 0.235. The molecule has 0 aromatic heterocycles. The SMILES string of the molecule is Cc1ccc(OCCOc2cccc(C(N)=S)c2)cc1C. The highest BCUT2D eigenvalue weighted by Gasteiger charge is 2.00. The van der Waals surface area contributed by atoms with Crippen molar-refractivity contribution in [2.75, 3.05) is 13.2 Å². The first-order valence-electron chi connectivity index (χ1n) is 6.79. The number of hydrogen-bond donors (Lipinski definition) is 1. The number of benzene rings is 2. The Bertz CT molecular complexity index is 640. The van der Waals surface area contributed by atoms with Crippen molar-refractivity contribution in [3.8, 4) is 11.5 Å².